The molecule has 0 saturated carbocycles. The van der Waals surface area contributed by atoms with Crippen molar-refractivity contribution in [3.8, 4) is 11.8 Å². The Morgan fingerprint density at radius 3 is 2.65 bits per heavy atom. The van der Waals surface area contributed by atoms with Crippen molar-refractivity contribution in [3.05, 3.63) is 56.4 Å². The van der Waals surface area contributed by atoms with Gasteiger partial charge in [0, 0.05) is 9.26 Å². The van der Waals surface area contributed by atoms with Gasteiger partial charge in [-0.05, 0) is 65.1 Å². The molecule has 100 valence electrons. The smallest absolute Gasteiger partial charge is 0.302 e. The summed E-state index contributed by atoms with van der Waals surface area (Å²) < 4.78 is 6.65. The summed E-state index contributed by atoms with van der Waals surface area (Å²) in [4.78, 5) is 18.8. The van der Waals surface area contributed by atoms with Crippen LogP contribution in [-0.2, 0) is 0 Å². The molecular formula is C14H10IN3O2. The van der Waals surface area contributed by atoms with Crippen LogP contribution < -0.4 is 16.0 Å². The third-order valence-electron chi connectivity index (χ3n) is 2.74. The number of aromatic nitrogens is 2. The minimum absolute atomic E-state index is 0.161. The topological polar surface area (TPSA) is 81.0 Å². The van der Waals surface area contributed by atoms with Gasteiger partial charge < -0.3 is 10.5 Å². The fraction of sp³-hybridized carbons (Fsp3) is 0. The van der Waals surface area contributed by atoms with Crippen molar-refractivity contribution in [2.45, 2.75) is 0 Å². The summed E-state index contributed by atoms with van der Waals surface area (Å²) in [5.41, 5.74) is 6.45. The van der Waals surface area contributed by atoms with Gasteiger partial charge in [-0.1, -0.05) is 0 Å². The molecule has 2 aromatic carbocycles. The van der Waals surface area contributed by atoms with Crippen molar-refractivity contribution < 1.29 is 4.74 Å². The molecule has 0 bridgehead atoms. The quantitative estimate of drug-likeness (QED) is 0.530. The van der Waals surface area contributed by atoms with E-state index in [1.807, 2.05) is 24.3 Å². The average Bonchev–Trinajstić information content (AvgIpc) is 2.42. The molecule has 5 nitrogen and oxygen atoms in total. The minimum Gasteiger partial charge on any atom is -0.426 e. The molecule has 0 amide bonds. The number of fused-ring (bicyclic) bond motifs is 1. The van der Waals surface area contributed by atoms with Crippen LogP contribution in [0.25, 0.3) is 10.9 Å². The lowest BCUT2D eigenvalue weighted by Gasteiger charge is -2.05. The second-order valence-corrected chi connectivity index (χ2v) is 5.45. The number of nitrogens with zero attached hydrogens (tertiary/aromatic N) is 1. The molecule has 0 fully saturated rings. The zero-order valence-electron chi connectivity index (χ0n) is 10.3. The largest absolute Gasteiger partial charge is 0.426 e. The van der Waals surface area contributed by atoms with Crippen LogP contribution in [0.15, 0.2) is 47.3 Å². The Morgan fingerprint density at radius 1 is 1.15 bits per heavy atom. The number of nitrogens with two attached hydrogens (primary N) is 1. The molecule has 0 saturated heterocycles. The molecule has 3 rings (SSSR count). The first-order valence-electron chi connectivity index (χ1n) is 5.85. The number of H-pyrrole nitrogens is 1. The number of anilines is 1. The second kappa shape index (κ2) is 5.12. The standard InChI is InChI=1S/C14H10IN3O2/c15-8-1-4-10(5-2-8)20-14-17-12-6-3-9(16)7-11(12)13(19)18-14/h1-7H,16H2,(H,17,18,19). The molecule has 0 aliphatic heterocycles. The molecule has 3 N–H and O–H groups in total. The number of nitrogens with one attached hydrogen (secondary N) is 1. The van der Waals surface area contributed by atoms with Crippen LogP contribution in [0.4, 0.5) is 5.69 Å². The van der Waals surface area contributed by atoms with Crippen molar-refractivity contribution in [1.29, 1.82) is 0 Å². The lowest BCUT2D eigenvalue weighted by molar-refractivity contribution is 0.442. The Labute approximate surface area is 127 Å². The molecule has 6 heteroatoms. The van der Waals surface area contributed by atoms with Crippen LogP contribution in [-0.4, -0.2) is 9.97 Å². The van der Waals surface area contributed by atoms with Gasteiger partial charge in [0.15, 0.2) is 0 Å². The van der Waals surface area contributed by atoms with E-state index < -0.39 is 0 Å². The summed E-state index contributed by atoms with van der Waals surface area (Å²) >= 11 is 2.21. The predicted molar refractivity (Wildman–Crippen MR) is 86.0 cm³/mol. The summed E-state index contributed by atoms with van der Waals surface area (Å²) in [5.74, 6) is 0.614. The number of halogens is 1. The zero-order valence-corrected chi connectivity index (χ0v) is 12.4. The van der Waals surface area contributed by atoms with Crippen LogP contribution in [0.1, 0.15) is 0 Å². The van der Waals surface area contributed by atoms with Gasteiger partial charge in [0.25, 0.3) is 5.56 Å². The minimum atomic E-state index is -0.275. The van der Waals surface area contributed by atoms with Gasteiger partial charge in [0.2, 0.25) is 0 Å². The number of benzene rings is 2. The average molecular weight is 379 g/mol. The van der Waals surface area contributed by atoms with Gasteiger partial charge in [0.05, 0.1) is 10.9 Å². The molecule has 1 aromatic heterocycles. The van der Waals surface area contributed by atoms with E-state index in [0.29, 0.717) is 22.3 Å². The number of aromatic amines is 1. The fourth-order valence-electron chi connectivity index (χ4n) is 1.80. The van der Waals surface area contributed by atoms with E-state index in [9.17, 15) is 4.79 Å². The maximum absolute atomic E-state index is 12.0. The van der Waals surface area contributed by atoms with Gasteiger partial charge in [-0.25, -0.2) is 0 Å². The molecule has 0 atom stereocenters. The lowest BCUT2D eigenvalue weighted by Crippen LogP contribution is -2.09. The normalized spacial score (nSPS) is 10.7. The van der Waals surface area contributed by atoms with E-state index in [2.05, 4.69) is 32.6 Å². The van der Waals surface area contributed by atoms with Crippen molar-refractivity contribution in [2.75, 3.05) is 5.73 Å². The number of nitrogen functional groups attached to an aromatic ring is 1. The van der Waals surface area contributed by atoms with Crippen LogP contribution in [0, 0.1) is 3.57 Å². The summed E-state index contributed by atoms with van der Waals surface area (Å²) in [6, 6.07) is 12.6. The maximum atomic E-state index is 12.0. The van der Waals surface area contributed by atoms with E-state index in [1.165, 1.54) is 0 Å². The van der Waals surface area contributed by atoms with Gasteiger partial charge in [-0.15, -0.1) is 0 Å². The van der Waals surface area contributed by atoms with Gasteiger partial charge in [-0.3, -0.25) is 9.78 Å². The monoisotopic (exact) mass is 379 g/mol. The summed E-state index contributed by atoms with van der Waals surface area (Å²) in [6.45, 7) is 0. The molecule has 1 heterocycles. The molecule has 0 unspecified atom stereocenters. The van der Waals surface area contributed by atoms with E-state index in [-0.39, 0.29) is 11.6 Å². The highest BCUT2D eigenvalue weighted by Gasteiger charge is 2.06. The number of hydrogen-bond acceptors (Lipinski definition) is 4. The van der Waals surface area contributed by atoms with Crippen molar-refractivity contribution in [2.24, 2.45) is 0 Å². The maximum Gasteiger partial charge on any atom is 0.302 e. The van der Waals surface area contributed by atoms with Gasteiger partial charge in [-0.2, -0.15) is 4.98 Å². The van der Waals surface area contributed by atoms with E-state index >= 15 is 0 Å². The Hall–Kier alpha value is -2.09. The Balaban J connectivity index is 2.02. The first-order chi connectivity index (χ1) is 9.61. The van der Waals surface area contributed by atoms with Crippen molar-refractivity contribution in [1.82, 2.24) is 9.97 Å². The first-order valence-corrected chi connectivity index (χ1v) is 6.93. The molecular weight excluding hydrogens is 369 g/mol. The van der Waals surface area contributed by atoms with Gasteiger partial charge in [0.1, 0.15) is 5.75 Å². The van der Waals surface area contributed by atoms with Crippen LogP contribution in [0.3, 0.4) is 0 Å². The molecule has 0 radical (unpaired) electrons. The molecule has 0 spiro atoms. The lowest BCUT2D eigenvalue weighted by atomic mass is 10.2. The van der Waals surface area contributed by atoms with Crippen molar-refractivity contribution >= 4 is 39.2 Å². The Kier molecular flexibility index (Phi) is 3.31. The summed E-state index contributed by atoms with van der Waals surface area (Å²) in [5, 5.41) is 0.444. The van der Waals surface area contributed by atoms with Crippen LogP contribution in [0.5, 0.6) is 11.8 Å². The Bertz CT molecular complexity index is 828. The molecule has 0 aliphatic rings. The van der Waals surface area contributed by atoms with E-state index in [0.717, 1.165) is 3.57 Å². The third-order valence-corrected chi connectivity index (χ3v) is 3.46. The number of ether oxygens (including phenoxy) is 1. The summed E-state index contributed by atoms with van der Waals surface area (Å²) in [7, 11) is 0. The van der Waals surface area contributed by atoms with Crippen molar-refractivity contribution in [3.63, 3.8) is 0 Å². The number of hydrogen-bond donors (Lipinski definition) is 2. The molecule has 0 aliphatic carbocycles. The highest BCUT2D eigenvalue weighted by molar-refractivity contribution is 14.1. The van der Waals surface area contributed by atoms with Gasteiger partial charge >= 0.3 is 6.01 Å². The predicted octanol–water partition coefficient (Wildman–Crippen LogP) is 2.90. The Morgan fingerprint density at radius 2 is 1.90 bits per heavy atom. The molecule has 3 aromatic rings. The fourth-order valence-corrected chi connectivity index (χ4v) is 2.16. The third kappa shape index (κ3) is 2.60. The highest BCUT2D eigenvalue weighted by Crippen LogP contribution is 2.20. The van der Waals surface area contributed by atoms with E-state index in [1.54, 1.807) is 18.2 Å². The van der Waals surface area contributed by atoms with Crippen LogP contribution in [0.2, 0.25) is 0 Å². The van der Waals surface area contributed by atoms with E-state index in [4.69, 9.17) is 10.5 Å². The molecule has 20 heavy (non-hydrogen) atoms. The first kappa shape index (κ1) is 12.9. The number of rotatable bonds is 2. The second-order valence-electron chi connectivity index (χ2n) is 4.20. The SMILES string of the molecule is Nc1ccc2nc(Oc3ccc(I)cc3)[nH]c(=O)c2c1. The zero-order chi connectivity index (χ0) is 14.1. The highest BCUT2D eigenvalue weighted by atomic mass is 127. The summed E-state index contributed by atoms with van der Waals surface area (Å²) in [6.07, 6.45) is 0. The van der Waals surface area contributed by atoms with Crippen LogP contribution >= 0.6 is 22.6 Å².